The number of likely N-dealkylation sites (tertiary alicyclic amines) is 1. The van der Waals surface area contributed by atoms with Gasteiger partial charge in [-0.25, -0.2) is 19.0 Å². The van der Waals surface area contributed by atoms with E-state index in [1.54, 1.807) is 28.6 Å². The topological polar surface area (TPSA) is 77.1 Å². The molecule has 30 heavy (non-hydrogen) atoms. The van der Waals surface area contributed by atoms with Crippen molar-refractivity contribution in [2.45, 2.75) is 25.7 Å². The molecule has 0 radical (unpaired) electrons. The fourth-order valence-electron chi connectivity index (χ4n) is 3.88. The average molecular weight is 405 g/mol. The molecule has 1 fully saturated rings. The summed E-state index contributed by atoms with van der Waals surface area (Å²) in [5.74, 6) is 0.851. The van der Waals surface area contributed by atoms with E-state index in [1.165, 1.54) is 12.1 Å². The lowest BCUT2D eigenvalue weighted by molar-refractivity contribution is 0.0686. The van der Waals surface area contributed by atoms with Gasteiger partial charge in [0.15, 0.2) is 11.5 Å². The number of benzene rings is 2. The molecule has 4 aromatic rings. The molecule has 1 atom stereocenters. The van der Waals surface area contributed by atoms with Gasteiger partial charge in [-0.3, -0.25) is 4.79 Å². The Morgan fingerprint density at radius 3 is 2.73 bits per heavy atom. The van der Waals surface area contributed by atoms with Crippen molar-refractivity contribution in [3.8, 4) is 5.69 Å². The number of carbonyl (C=O) groups excluding carboxylic acids is 1. The number of rotatable bonds is 3. The van der Waals surface area contributed by atoms with Gasteiger partial charge in [-0.2, -0.15) is 0 Å². The molecule has 5 rings (SSSR count). The van der Waals surface area contributed by atoms with Crippen molar-refractivity contribution in [1.82, 2.24) is 24.6 Å². The zero-order valence-electron chi connectivity index (χ0n) is 16.5. The molecular formula is C22H20FN5O2. The SMILES string of the molecule is Cc1nc(C(=O)N2CCCC(c3nc4ccccc4o3)C2)nn1-c1ccc(F)cc1. The van der Waals surface area contributed by atoms with Gasteiger partial charge in [-0.1, -0.05) is 12.1 Å². The van der Waals surface area contributed by atoms with Gasteiger partial charge in [-0.05, 0) is 56.2 Å². The lowest BCUT2D eigenvalue weighted by Crippen LogP contribution is -2.39. The molecule has 2 aromatic heterocycles. The summed E-state index contributed by atoms with van der Waals surface area (Å²) in [6.45, 7) is 2.92. The van der Waals surface area contributed by atoms with Gasteiger partial charge in [0, 0.05) is 13.1 Å². The first-order chi connectivity index (χ1) is 14.6. The van der Waals surface area contributed by atoms with Crippen LogP contribution in [-0.4, -0.2) is 43.6 Å². The van der Waals surface area contributed by atoms with E-state index in [2.05, 4.69) is 15.1 Å². The lowest BCUT2D eigenvalue weighted by atomic mass is 9.98. The number of halogens is 1. The first kappa shape index (κ1) is 18.5. The minimum absolute atomic E-state index is 0.0374. The number of hydrogen-bond donors (Lipinski definition) is 0. The second-order valence-corrected chi connectivity index (χ2v) is 7.48. The normalized spacial score (nSPS) is 16.9. The first-order valence-corrected chi connectivity index (χ1v) is 9.93. The number of oxazole rings is 1. The summed E-state index contributed by atoms with van der Waals surface area (Å²) >= 11 is 0. The molecule has 1 aliphatic rings. The maximum absolute atomic E-state index is 13.2. The second kappa shape index (κ2) is 7.37. The van der Waals surface area contributed by atoms with Crippen LogP contribution >= 0.6 is 0 Å². The zero-order chi connectivity index (χ0) is 20.7. The van der Waals surface area contributed by atoms with Gasteiger partial charge in [0.2, 0.25) is 5.82 Å². The highest BCUT2D eigenvalue weighted by molar-refractivity contribution is 5.90. The van der Waals surface area contributed by atoms with Crippen LogP contribution in [0.3, 0.4) is 0 Å². The average Bonchev–Trinajstić information content (AvgIpc) is 3.38. The molecule has 0 N–H and O–H groups in total. The van der Waals surface area contributed by atoms with Gasteiger partial charge < -0.3 is 9.32 Å². The Bertz CT molecular complexity index is 1180. The quantitative estimate of drug-likeness (QED) is 0.517. The fraction of sp³-hybridized carbons (Fsp3) is 0.273. The molecule has 2 aromatic carbocycles. The third kappa shape index (κ3) is 3.34. The van der Waals surface area contributed by atoms with Gasteiger partial charge >= 0.3 is 0 Å². The Morgan fingerprint density at radius 2 is 1.93 bits per heavy atom. The van der Waals surface area contributed by atoms with Crippen LogP contribution in [0.15, 0.2) is 52.9 Å². The minimum Gasteiger partial charge on any atom is -0.440 e. The van der Waals surface area contributed by atoms with Crippen LogP contribution in [0.5, 0.6) is 0 Å². The number of fused-ring (bicyclic) bond motifs is 1. The van der Waals surface area contributed by atoms with Crippen LogP contribution in [0.4, 0.5) is 4.39 Å². The van der Waals surface area contributed by atoms with Crippen molar-refractivity contribution in [2.24, 2.45) is 0 Å². The molecule has 7 nitrogen and oxygen atoms in total. The zero-order valence-corrected chi connectivity index (χ0v) is 16.5. The molecule has 8 heteroatoms. The summed E-state index contributed by atoms with van der Waals surface area (Å²) < 4.78 is 20.7. The van der Waals surface area contributed by atoms with Crippen molar-refractivity contribution in [3.63, 3.8) is 0 Å². The number of hydrogen-bond acceptors (Lipinski definition) is 5. The maximum Gasteiger partial charge on any atom is 0.293 e. The molecule has 3 heterocycles. The third-order valence-electron chi connectivity index (χ3n) is 5.40. The summed E-state index contributed by atoms with van der Waals surface area (Å²) in [5.41, 5.74) is 2.24. The minimum atomic E-state index is -0.327. The van der Waals surface area contributed by atoms with E-state index in [1.807, 2.05) is 24.3 Å². The molecule has 1 aliphatic heterocycles. The van der Waals surface area contributed by atoms with E-state index in [-0.39, 0.29) is 23.5 Å². The van der Waals surface area contributed by atoms with Crippen molar-refractivity contribution in [1.29, 1.82) is 0 Å². The summed E-state index contributed by atoms with van der Waals surface area (Å²) in [5, 5.41) is 4.37. The molecular weight excluding hydrogens is 385 g/mol. The van der Waals surface area contributed by atoms with Crippen molar-refractivity contribution >= 4 is 17.0 Å². The van der Waals surface area contributed by atoms with E-state index in [0.29, 0.717) is 30.5 Å². The Labute approximate surface area is 172 Å². The van der Waals surface area contributed by atoms with Crippen molar-refractivity contribution in [3.05, 3.63) is 71.9 Å². The lowest BCUT2D eigenvalue weighted by Gasteiger charge is -2.30. The summed E-state index contributed by atoms with van der Waals surface area (Å²) in [6, 6.07) is 13.6. The summed E-state index contributed by atoms with van der Waals surface area (Å²) in [7, 11) is 0. The largest absolute Gasteiger partial charge is 0.440 e. The van der Waals surface area contributed by atoms with Crippen LogP contribution in [0.1, 0.15) is 41.1 Å². The Balaban J connectivity index is 1.37. The molecule has 0 bridgehead atoms. The molecule has 152 valence electrons. The highest BCUT2D eigenvalue weighted by Gasteiger charge is 2.30. The van der Waals surface area contributed by atoms with Crippen LogP contribution in [0, 0.1) is 12.7 Å². The van der Waals surface area contributed by atoms with Gasteiger partial charge in [0.1, 0.15) is 17.2 Å². The molecule has 1 unspecified atom stereocenters. The van der Waals surface area contributed by atoms with E-state index < -0.39 is 0 Å². The third-order valence-corrected chi connectivity index (χ3v) is 5.40. The molecule has 1 amide bonds. The van der Waals surface area contributed by atoms with E-state index in [0.717, 1.165) is 23.9 Å². The maximum atomic E-state index is 13.2. The number of piperidine rings is 1. The van der Waals surface area contributed by atoms with Crippen LogP contribution < -0.4 is 0 Å². The smallest absolute Gasteiger partial charge is 0.293 e. The first-order valence-electron chi connectivity index (χ1n) is 9.93. The van der Waals surface area contributed by atoms with Crippen LogP contribution in [0.25, 0.3) is 16.8 Å². The molecule has 0 aliphatic carbocycles. The van der Waals surface area contributed by atoms with E-state index in [4.69, 9.17) is 4.42 Å². The van der Waals surface area contributed by atoms with Gasteiger partial charge in [0.05, 0.1) is 11.6 Å². The highest BCUT2D eigenvalue weighted by atomic mass is 19.1. The second-order valence-electron chi connectivity index (χ2n) is 7.48. The molecule has 0 spiro atoms. The Hall–Kier alpha value is -3.55. The molecule has 0 saturated carbocycles. The van der Waals surface area contributed by atoms with Crippen molar-refractivity contribution < 1.29 is 13.6 Å². The predicted octanol–water partition coefficient (Wildman–Crippen LogP) is 3.88. The Morgan fingerprint density at radius 1 is 1.13 bits per heavy atom. The fourth-order valence-corrected chi connectivity index (χ4v) is 3.88. The number of carbonyl (C=O) groups is 1. The van der Waals surface area contributed by atoms with E-state index >= 15 is 0 Å². The highest BCUT2D eigenvalue weighted by Crippen LogP contribution is 2.29. The van der Waals surface area contributed by atoms with Crippen molar-refractivity contribution in [2.75, 3.05) is 13.1 Å². The summed E-state index contributed by atoms with van der Waals surface area (Å²) in [4.78, 5) is 23.8. The Kier molecular flexibility index (Phi) is 4.54. The monoisotopic (exact) mass is 405 g/mol. The number of nitrogens with zero attached hydrogens (tertiary/aromatic N) is 5. The molecule has 1 saturated heterocycles. The summed E-state index contributed by atoms with van der Waals surface area (Å²) in [6.07, 6.45) is 1.76. The number of para-hydroxylation sites is 2. The van der Waals surface area contributed by atoms with Gasteiger partial charge in [-0.15, -0.1) is 5.10 Å². The van der Waals surface area contributed by atoms with E-state index in [9.17, 15) is 9.18 Å². The van der Waals surface area contributed by atoms with Gasteiger partial charge in [0.25, 0.3) is 5.91 Å². The predicted molar refractivity (Wildman–Crippen MR) is 108 cm³/mol. The van der Waals surface area contributed by atoms with Crippen LogP contribution in [0.2, 0.25) is 0 Å². The number of aryl methyl sites for hydroxylation is 1. The number of amides is 1. The number of aromatic nitrogens is 4. The standard InChI is InChI=1S/C22H20FN5O2/c1-14-24-20(26-28(14)17-10-8-16(23)9-11-17)22(29)27-12-4-5-15(13-27)21-25-18-6-2-3-7-19(18)30-21/h2-3,6-11,15H,4-5,12-13H2,1H3. The van der Waals surface area contributed by atoms with Crippen LogP contribution in [-0.2, 0) is 0 Å².